The molecule has 0 saturated carbocycles. The Bertz CT molecular complexity index is 1260. The van der Waals surface area contributed by atoms with Gasteiger partial charge in [-0.05, 0) is 19.6 Å². The molecule has 2 aromatic rings. The largest absolute Gasteiger partial charge is 0.400 e. The molecule has 0 heterocycles. The van der Waals surface area contributed by atoms with Crippen LogP contribution in [0.1, 0.15) is 48.5 Å². The highest BCUT2D eigenvalue weighted by Gasteiger charge is 2.48. The van der Waals surface area contributed by atoms with Gasteiger partial charge in [-0.3, -0.25) is 0 Å². The van der Waals surface area contributed by atoms with Gasteiger partial charge in [-0.2, -0.15) is 0 Å². The molecule has 0 fully saturated rings. The molecule has 0 bridgehead atoms. The molecule has 14 heteroatoms. The first-order chi connectivity index (χ1) is 28.0. The molecule has 0 saturated heterocycles. The first-order valence-corrected chi connectivity index (χ1v) is 66.4. The second kappa shape index (κ2) is 34.8. The van der Waals surface area contributed by atoms with Crippen LogP contribution >= 0.6 is 20.8 Å². The molecule has 0 aromatic heterocycles. The van der Waals surface area contributed by atoms with Gasteiger partial charge in [-0.15, -0.1) is 20.8 Å². The third-order valence-corrected chi connectivity index (χ3v) is 135. The zero-order valence-corrected chi connectivity index (χ0v) is 61.5. The van der Waals surface area contributed by atoms with Crippen molar-refractivity contribution < 1.29 is 5.11 Å². The van der Waals surface area contributed by atoms with E-state index in [0.717, 1.165) is 7.11 Å². The van der Waals surface area contributed by atoms with E-state index in [1.165, 1.54) is 32.5 Å². The van der Waals surface area contributed by atoms with Crippen molar-refractivity contribution in [2.75, 3.05) is 26.7 Å². The molecule has 0 aliphatic carbocycles. The summed E-state index contributed by atoms with van der Waals surface area (Å²) in [6.07, 6.45) is 0. The van der Waals surface area contributed by atoms with Gasteiger partial charge in [-0.1, -0.05) is 290 Å². The summed E-state index contributed by atoms with van der Waals surface area (Å²) >= 11 is 0. The lowest BCUT2D eigenvalue weighted by Crippen LogP contribution is -2.51. The van der Waals surface area contributed by atoms with E-state index in [0.29, 0.717) is 6.57 Å². The van der Waals surface area contributed by atoms with Crippen molar-refractivity contribution in [2.45, 2.75) is 219 Å². The number of hydrogen-bond acceptors (Lipinski definition) is 2. The number of aliphatic hydroxyl groups is 1. The summed E-state index contributed by atoms with van der Waals surface area (Å²) in [6, 6.07) is 22.2. The monoisotopic (exact) mass is 1080 g/mol. The van der Waals surface area contributed by atoms with Gasteiger partial charge in [0.1, 0.15) is 0 Å². The van der Waals surface area contributed by atoms with Gasteiger partial charge in [0.15, 0.2) is 0 Å². The summed E-state index contributed by atoms with van der Waals surface area (Å²) < 4.78 is 0. The van der Waals surface area contributed by atoms with E-state index in [9.17, 15) is 0 Å². The van der Waals surface area contributed by atoms with Gasteiger partial charge < -0.3 is 10.0 Å². The Morgan fingerprint density at radius 3 is 0.714 bits per heavy atom. The summed E-state index contributed by atoms with van der Waals surface area (Å²) in [4.78, 5) is 2.38. The smallest absolute Gasteiger partial charge is 0.0992 e. The van der Waals surface area contributed by atoms with Gasteiger partial charge in [0, 0.05) is 7.11 Å². The topological polar surface area (TPSA) is 23.5 Å². The fraction of sp³-hybridized carbons (Fsp3) is 0.755. The van der Waals surface area contributed by atoms with Gasteiger partial charge in [0.25, 0.3) is 0 Å². The predicted octanol–water partition coefficient (Wildman–Crippen LogP) is 18.8. The van der Waals surface area contributed by atoms with Crippen molar-refractivity contribution >= 4 is 101 Å². The highest BCUT2D eigenvalue weighted by atomic mass is 31.8. The summed E-state index contributed by atoms with van der Waals surface area (Å²) in [7, 11) is -6.11. The molecular weight excluding hydrogens is 964 g/mol. The first kappa shape index (κ1) is 76.1. The molecule has 63 heavy (non-hydrogen) atoms. The standard InChI is InChI=1S/C14H29PSi3.C9H27PSi3.C9H14Si.C6H15N.C6H19PSi2.2C2H6.CH4O/c1-16(2,3)15(17(4,5)6)18(7,8)14-12-10-9-11-13-14;1-11(2,3)10(12(4,5)6)13(7,8)9;1-10(2,3)9-7-5-4-6-8-9;1-4-7(5-2)6-3;1-8(2,3)7-9(4,5)6;3*1-2/h9-13H,1-8H3;1-9H3;4-8H,1-3H3;4-6H2,1-3H3;7H,1-6H3;2*1-2H3;2H,1H3. The third-order valence-electron chi connectivity index (χ3n) is 9.12. The van der Waals surface area contributed by atoms with Gasteiger partial charge in [0.2, 0.25) is 0 Å². The minimum Gasteiger partial charge on any atom is -0.400 e. The molecule has 0 amide bonds. The fourth-order valence-corrected chi connectivity index (χ4v) is 193. The molecule has 2 rings (SSSR count). The minimum absolute atomic E-state index is 0.254. The van der Waals surface area contributed by atoms with E-state index >= 15 is 0 Å². The second-order valence-corrected chi connectivity index (χ2v) is 117. The minimum atomic E-state index is -1.29. The summed E-state index contributed by atoms with van der Waals surface area (Å²) in [5.41, 5.74) is 0. The maximum atomic E-state index is 7.00. The number of nitrogens with zero attached hydrogens (tertiary/aromatic N) is 1. The molecule has 2 aromatic carbocycles. The van der Waals surface area contributed by atoms with Crippen molar-refractivity contribution in [2.24, 2.45) is 0 Å². The van der Waals surface area contributed by atoms with Crippen LogP contribution in [0.2, 0.25) is 170 Å². The van der Waals surface area contributed by atoms with E-state index in [-0.39, 0.29) is 6.57 Å². The van der Waals surface area contributed by atoms with Crippen LogP contribution in [0.15, 0.2) is 60.7 Å². The van der Waals surface area contributed by atoms with E-state index < -0.39 is 70.0 Å². The molecule has 1 N–H and O–H groups in total. The Morgan fingerprint density at radius 2 is 0.603 bits per heavy atom. The highest BCUT2D eigenvalue weighted by Crippen LogP contribution is 2.62. The lowest BCUT2D eigenvalue weighted by atomic mass is 10.4. The molecule has 378 valence electrons. The lowest BCUT2D eigenvalue weighted by Gasteiger charge is -2.49. The van der Waals surface area contributed by atoms with Crippen molar-refractivity contribution in [3.63, 3.8) is 0 Å². The van der Waals surface area contributed by atoms with E-state index in [2.05, 4.69) is 257 Å². The van der Waals surface area contributed by atoms with Crippen LogP contribution < -0.4 is 10.4 Å². The van der Waals surface area contributed by atoms with Gasteiger partial charge in [0.05, 0.1) is 70.0 Å². The quantitative estimate of drug-likeness (QED) is 0.160. The Balaban J connectivity index is -0.000000161. The third kappa shape index (κ3) is 40.1. The Labute approximate surface area is 414 Å². The maximum Gasteiger partial charge on any atom is 0.0992 e. The molecule has 0 aliphatic heterocycles. The molecule has 0 spiro atoms. The molecule has 0 atom stereocenters. The van der Waals surface area contributed by atoms with Crippen LogP contribution in [0.5, 0.6) is 0 Å². The molecular formula is C49H120NOP3Si9. The zero-order chi connectivity index (χ0) is 52.3. The number of rotatable bonds is 13. The Kier molecular flexibility index (Phi) is 42.1. The predicted molar refractivity (Wildman–Crippen MR) is 343 cm³/mol. The normalized spacial score (nSPS) is 12.4. The molecule has 0 radical (unpaired) electrons. The number of benzene rings is 2. The summed E-state index contributed by atoms with van der Waals surface area (Å²) in [5, 5.41) is 10.2. The highest BCUT2D eigenvalue weighted by molar-refractivity contribution is 8.38. The fourth-order valence-electron chi connectivity index (χ4n) is 9.41. The lowest BCUT2D eigenvalue weighted by molar-refractivity contribution is 0.321. The average molecular weight is 1090 g/mol. The van der Waals surface area contributed by atoms with Crippen molar-refractivity contribution in [1.82, 2.24) is 4.90 Å². The maximum absolute atomic E-state index is 7.00. The van der Waals surface area contributed by atoms with E-state index in [1.54, 1.807) is 5.19 Å². The second-order valence-electron chi connectivity index (χ2n) is 24.3. The zero-order valence-electron chi connectivity index (χ0n) is 49.7. The number of aliphatic hydroxyl groups excluding tert-OH is 1. The average Bonchev–Trinajstić information content (AvgIpc) is 3.08. The van der Waals surface area contributed by atoms with Crippen LogP contribution in [-0.4, -0.2) is 107 Å². The van der Waals surface area contributed by atoms with Crippen LogP contribution in [-0.2, 0) is 0 Å². The summed E-state index contributed by atoms with van der Waals surface area (Å²) in [6.45, 7) is 85.0. The molecule has 0 unspecified atom stereocenters. The van der Waals surface area contributed by atoms with Crippen LogP contribution in [0.3, 0.4) is 0 Å². The van der Waals surface area contributed by atoms with Crippen molar-refractivity contribution in [3.05, 3.63) is 60.7 Å². The van der Waals surface area contributed by atoms with Gasteiger partial charge >= 0.3 is 0 Å². The molecule has 2 nitrogen and oxygen atoms in total. The van der Waals surface area contributed by atoms with Crippen LogP contribution in [0, 0.1) is 0 Å². The van der Waals surface area contributed by atoms with Crippen LogP contribution in [0.4, 0.5) is 0 Å². The van der Waals surface area contributed by atoms with Crippen molar-refractivity contribution in [1.29, 1.82) is 0 Å². The molecule has 0 aliphatic rings. The van der Waals surface area contributed by atoms with E-state index in [1.807, 2.05) is 27.7 Å². The number of hydrogen-bond donors (Lipinski definition) is 1. The van der Waals surface area contributed by atoms with E-state index in [4.69, 9.17) is 5.11 Å². The van der Waals surface area contributed by atoms with Gasteiger partial charge in [-0.25, -0.2) is 0 Å². The SMILES string of the molecule is CC.CC.CCN(CC)CC.CO.C[Si](C)(C)P([Si](C)(C)C)[Si](C)(C)C.C[Si](C)(C)P([Si](C)(C)C)[Si](C)(C)c1ccccc1.C[Si](C)(C)P[Si](C)(C)C.C[Si](C)(C)c1ccccc1. The van der Waals surface area contributed by atoms with Crippen LogP contribution in [0.25, 0.3) is 0 Å². The Hall–Kier alpha value is 1.60. The van der Waals surface area contributed by atoms with Crippen molar-refractivity contribution in [3.8, 4) is 0 Å². The Morgan fingerprint density at radius 1 is 0.381 bits per heavy atom. The first-order valence-electron chi connectivity index (χ1n) is 24.7. The summed E-state index contributed by atoms with van der Waals surface area (Å²) in [5.74, 6) is 0.